The number of carbonyl (C=O) groups is 1. The average Bonchev–Trinajstić information content (AvgIpc) is 2.51. The summed E-state index contributed by atoms with van der Waals surface area (Å²) in [5.41, 5.74) is 0.781. The molecule has 0 atom stereocenters. The number of ether oxygens (including phenoxy) is 3. The van der Waals surface area contributed by atoms with E-state index in [1.54, 1.807) is 38.4 Å². The van der Waals surface area contributed by atoms with Crippen LogP contribution in [0, 0.1) is 0 Å². The fraction of sp³-hybridized carbons (Fsp3) is 0.533. The van der Waals surface area contributed by atoms with Crippen LogP contribution in [0.4, 0.5) is 0 Å². The normalized spacial score (nSPS) is 10.3. The summed E-state index contributed by atoms with van der Waals surface area (Å²) in [6.07, 6.45) is 0.205. The highest BCUT2D eigenvalue weighted by Gasteiger charge is 2.16. The number of rotatable bonds is 9. The zero-order valence-electron chi connectivity index (χ0n) is 12.8. The molecule has 0 aliphatic carbocycles. The van der Waals surface area contributed by atoms with E-state index >= 15 is 0 Å². The maximum Gasteiger partial charge on any atom is 0.227 e. The first-order valence-corrected chi connectivity index (χ1v) is 6.74. The van der Waals surface area contributed by atoms with Crippen LogP contribution in [-0.2, 0) is 16.0 Å². The molecule has 6 heteroatoms. The predicted molar refractivity (Wildman–Crippen MR) is 78.8 cm³/mol. The molecule has 1 aromatic rings. The number of amides is 1. The van der Waals surface area contributed by atoms with Crippen LogP contribution in [0.5, 0.6) is 11.5 Å². The van der Waals surface area contributed by atoms with Gasteiger partial charge in [-0.15, -0.1) is 0 Å². The number of hydrogen-bond acceptors (Lipinski definition) is 5. The molecule has 0 radical (unpaired) electrons. The van der Waals surface area contributed by atoms with E-state index in [1.807, 2.05) is 6.07 Å². The van der Waals surface area contributed by atoms with E-state index in [2.05, 4.69) is 0 Å². The Morgan fingerprint density at radius 3 is 2.52 bits per heavy atom. The van der Waals surface area contributed by atoms with E-state index < -0.39 is 0 Å². The molecule has 1 rings (SSSR count). The van der Waals surface area contributed by atoms with Gasteiger partial charge >= 0.3 is 0 Å². The molecule has 0 aromatic heterocycles. The summed E-state index contributed by atoms with van der Waals surface area (Å²) in [5, 5.41) is 9.04. The lowest BCUT2D eigenvalue weighted by Crippen LogP contribution is -2.37. The second kappa shape index (κ2) is 9.20. The molecule has 0 saturated heterocycles. The molecule has 0 saturated carbocycles. The van der Waals surface area contributed by atoms with Crippen LogP contribution in [0.3, 0.4) is 0 Å². The van der Waals surface area contributed by atoms with Gasteiger partial charge in [-0.1, -0.05) is 6.07 Å². The third-order valence-electron chi connectivity index (χ3n) is 3.12. The summed E-state index contributed by atoms with van der Waals surface area (Å²) in [6.45, 7) is 1.11. The second-order valence-electron chi connectivity index (χ2n) is 4.45. The number of benzene rings is 1. The van der Waals surface area contributed by atoms with Crippen molar-refractivity contribution in [2.45, 2.75) is 6.42 Å². The van der Waals surface area contributed by atoms with Gasteiger partial charge in [0, 0.05) is 31.8 Å². The van der Waals surface area contributed by atoms with Crippen LogP contribution in [0.25, 0.3) is 0 Å². The molecule has 0 bridgehead atoms. The molecule has 1 amide bonds. The number of carbonyl (C=O) groups excluding carboxylic acids is 1. The highest BCUT2D eigenvalue weighted by Crippen LogP contribution is 2.25. The number of aliphatic hydroxyl groups excluding tert-OH is 1. The molecule has 0 fully saturated rings. The first-order valence-electron chi connectivity index (χ1n) is 6.74. The molecule has 0 heterocycles. The molecule has 0 aliphatic rings. The Hall–Kier alpha value is -1.79. The van der Waals surface area contributed by atoms with Gasteiger partial charge in [0.1, 0.15) is 11.5 Å². The molecule has 1 aromatic carbocycles. The topological polar surface area (TPSA) is 68.2 Å². The first-order chi connectivity index (χ1) is 10.2. The first kappa shape index (κ1) is 17.3. The Labute approximate surface area is 125 Å². The van der Waals surface area contributed by atoms with E-state index in [-0.39, 0.29) is 18.9 Å². The summed E-state index contributed by atoms with van der Waals surface area (Å²) in [5.74, 6) is 1.21. The minimum atomic E-state index is -0.0791. The third kappa shape index (κ3) is 5.24. The Bertz CT molecular complexity index is 450. The highest BCUT2D eigenvalue weighted by molar-refractivity contribution is 5.79. The van der Waals surface area contributed by atoms with Crippen molar-refractivity contribution in [3.63, 3.8) is 0 Å². The summed E-state index contributed by atoms with van der Waals surface area (Å²) in [7, 11) is 4.71. The van der Waals surface area contributed by atoms with E-state index in [0.29, 0.717) is 31.2 Å². The molecule has 0 spiro atoms. The Balaban J connectivity index is 2.79. The number of hydrogen-bond donors (Lipinski definition) is 1. The number of methoxy groups -OCH3 is 3. The monoisotopic (exact) mass is 297 g/mol. The summed E-state index contributed by atoms with van der Waals surface area (Å²) in [4.78, 5) is 13.9. The van der Waals surface area contributed by atoms with Gasteiger partial charge in [0.25, 0.3) is 0 Å². The Morgan fingerprint density at radius 2 is 1.95 bits per heavy atom. The lowest BCUT2D eigenvalue weighted by atomic mass is 10.1. The summed E-state index contributed by atoms with van der Waals surface area (Å²) < 4.78 is 15.4. The molecule has 0 aliphatic heterocycles. The van der Waals surface area contributed by atoms with Crippen molar-refractivity contribution in [3.05, 3.63) is 23.8 Å². The maximum absolute atomic E-state index is 12.3. The lowest BCUT2D eigenvalue weighted by molar-refractivity contribution is -0.131. The van der Waals surface area contributed by atoms with Crippen LogP contribution in [-0.4, -0.2) is 63.5 Å². The summed E-state index contributed by atoms with van der Waals surface area (Å²) in [6, 6.07) is 5.34. The van der Waals surface area contributed by atoms with E-state index in [0.717, 1.165) is 5.56 Å². The standard InChI is InChI=1S/C15H23NO5/c1-19-9-7-16(6-8-17)15(18)10-12-4-5-13(20-2)11-14(12)21-3/h4-5,11,17H,6-10H2,1-3H3. The average molecular weight is 297 g/mol. The molecule has 6 nitrogen and oxygen atoms in total. The zero-order chi connectivity index (χ0) is 15.7. The van der Waals surface area contributed by atoms with Gasteiger partial charge in [-0.3, -0.25) is 4.79 Å². The van der Waals surface area contributed by atoms with Crippen molar-refractivity contribution in [1.29, 1.82) is 0 Å². The fourth-order valence-electron chi connectivity index (χ4n) is 1.96. The van der Waals surface area contributed by atoms with E-state index in [1.165, 1.54) is 0 Å². The van der Waals surface area contributed by atoms with Crippen LogP contribution >= 0.6 is 0 Å². The van der Waals surface area contributed by atoms with Gasteiger partial charge in [0.15, 0.2) is 0 Å². The van der Waals surface area contributed by atoms with Crippen molar-refractivity contribution < 1.29 is 24.1 Å². The Kier molecular flexibility index (Phi) is 7.56. The van der Waals surface area contributed by atoms with Crippen molar-refractivity contribution in [2.24, 2.45) is 0 Å². The molecule has 21 heavy (non-hydrogen) atoms. The van der Waals surface area contributed by atoms with E-state index in [4.69, 9.17) is 19.3 Å². The second-order valence-corrected chi connectivity index (χ2v) is 4.45. The van der Waals surface area contributed by atoms with Crippen molar-refractivity contribution in [1.82, 2.24) is 4.90 Å². The van der Waals surface area contributed by atoms with Crippen LogP contribution in [0.1, 0.15) is 5.56 Å². The largest absolute Gasteiger partial charge is 0.497 e. The third-order valence-corrected chi connectivity index (χ3v) is 3.12. The number of nitrogens with zero attached hydrogens (tertiary/aromatic N) is 1. The molecule has 118 valence electrons. The van der Waals surface area contributed by atoms with Gasteiger partial charge in [0.2, 0.25) is 5.91 Å². The SMILES string of the molecule is COCCN(CCO)C(=O)Cc1ccc(OC)cc1OC. The number of aliphatic hydroxyl groups is 1. The van der Waals surface area contributed by atoms with Gasteiger partial charge in [0.05, 0.1) is 33.9 Å². The van der Waals surface area contributed by atoms with E-state index in [9.17, 15) is 4.79 Å². The van der Waals surface area contributed by atoms with Crippen LogP contribution in [0.2, 0.25) is 0 Å². The summed E-state index contributed by atoms with van der Waals surface area (Å²) >= 11 is 0. The molecule has 1 N–H and O–H groups in total. The van der Waals surface area contributed by atoms with Gasteiger partial charge in [-0.25, -0.2) is 0 Å². The zero-order valence-corrected chi connectivity index (χ0v) is 12.8. The molecule has 0 unspecified atom stereocenters. The minimum Gasteiger partial charge on any atom is -0.497 e. The van der Waals surface area contributed by atoms with Gasteiger partial charge in [-0.2, -0.15) is 0 Å². The van der Waals surface area contributed by atoms with Crippen molar-refractivity contribution in [2.75, 3.05) is 47.6 Å². The predicted octanol–water partition coefficient (Wildman–Crippen LogP) is 0.714. The quantitative estimate of drug-likeness (QED) is 0.727. The fourth-order valence-corrected chi connectivity index (χ4v) is 1.96. The van der Waals surface area contributed by atoms with Gasteiger partial charge < -0.3 is 24.2 Å². The minimum absolute atomic E-state index is 0.0742. The van der Waals surface area contributed by atoms with Crippen LogP contribution in [0.15, 0.2) is 18.2 Å². The van der Waals surface area contributed by atoms with Gasteiger partial charge in [-0.05, 0) is 6.07 Å². The lowest BCUT2D eigenvalue weighted by Gasteiger charge is -2.22. The van der Waals surface area contributed by atoms with Crippen LogP contribution < -0.4 is 9.47 Å². The maximum atomic E-state index is 12.3. The highest BCUT2D eigenvalue weighted by atomic mass is 16.5. The Morgan fingerprint density at radius 1 is 1.19 bits per heavy atom. The van der Waals surface area contributed by atoms with Crippen molar-refractivity contribution >= 4 is 5.91 Å². The molecular weight excluding hydrogens is 274 g/mol. The van der Waals surface area contributed by atoms with Crippen molar-refractivity contribution in [3.8, 4) is 11.5 Å². The molecular formula is C15H23NO5. The smallest absolute Gasteiger partial charge is 0.227 e.